The van der Waals surface area contributed by atoms with E-state index in [0.29, 0.717) is 16.2 Å². The van der Waals surface area contributed by atoms with Gasteiger partial charge in [-0.25, -0.2) is 4.79 Å². The van der Waals surface area contributed by atoms with E-state index in [1.807, 2.05) is 0 Å². The van der Waals surface area contributed by atoms with Gasteiger partial charge >= 0.3 is 6.03 Å². The van der Waals surface area contributed by atoms with Crippen LogP contribution in [0.5, 0.6) is 0 Å². The van der Waals surface area contributed by atoms with E-state index in [4.69, 9.17) is 10.8 Å². The Balaban J connectivity index is 1.81. The van der Waals surface area contributed by atoms with Crippen molar-refractivity contribution >= 4 is 47.2 Å². The number of amides is 8. The number of carbonyl (C=O) groups is 7. The zero-order valence-corrected chi connectivity index (χ0v) is 19.6. The lowest BCUT2D eigenvalue weighted by molar-refractivity contribution is -0.141. The molecule has 0 saturated carbocycles. The Labute approximate surface area is 210 Å². The van der Waals surface area contributed by atoms with Crippen molar-refractivity contribution in [3.8, 4) is 0 Å². The second-order valence-corrected chi connectivity index (χ2v) is 7.69. The Morgan fingerprint density at radius 1 is 0.865 bits per heavy atom. The third kappa shape index (κ3) is 9.77. The van der Waals surface area contributed by atoms with Crippen LogP contribution in [0.4, 0.5) is 10.5 Å². The van der Waals surface area contributed by atoms with E-state index in [1.165, 1.54) is 0 Å². The number of nitrogens with one attached hydrogen (secondary N) is 5. The first-order valence-corrected chi connectivity index (χ1v) is 11.0. The third-order valence-electron chi connectivity index (χ3n) is 4.88. The summed E-state index contributed by atoms with van der Waals surface area (Å²) in [7, 11) is 0. The van der Waals surface area contributed by atoms with E-state index in [2.05, 4.69) is 26.6 Å². The molecule has 0 aromatic heterocycles. The van der Waals surface area contributed by atoms with Gasteiger partial charge in [0.1, 0.15) is 12.6 Å². The summed E-state index contributed by atoms with van der Waals surface area (Å²) in [6, 6.07) is 4.41. The van der Waals surface area contributed by atoms with Crippen molar-refractivity contribution in [1.82, 2.24) is 26.2 Å². The molecule has 0 fully saturated rings. The summed E-state index contributed by atoms with van der Waals surface area (Å²) in [5.41, 5.74) is 6.06. The molecule has 0 saturated heterocycles. The summed E-state index contributed by atoms with van der Waals surface area (Å²) in [5.74, 6) is -4.11. The molecule has 15 nitrogen and oxygen atoms in total. The van der Waals surface area contributed by atoms with Gasteiger partial charge in [-0.15, -0.1) is 0 Å². The number of rotatable bonds is 13. The van der Waals surface area contributed by atoms with Crippen molar-refractivity contribution in [3.05, 3.63) is 42.0 Å². The summed E-state index contributed by atoms with van der Waals surface area (Å²) in [6.45, 7) is -1.80. The average Bonchev–Trinajstić information content (AvgIpc) is 3.17. The lowest BCUT2D eigenvalue weighted by atomic mass is 10.1. The highest BCUT2D eigenvalue weighted by Crippen LogP contribution is 2.10. The molecule has 1 heterocycles. The normalized spacial score (nSPS) is 13.1. The number of primary amides is 1. The second-order valence-electron chi connectivity index (χ2n) is 7.69. The van der Waals surface area contributed by atoms with Gasteiger partial charge in [0.05, 0.1) is 19.7 Å². The molecule has 1 atom stereocenters. The molecule has 2 rings (SSSR count). The third-order valence-corrected chi connectivity index (χ3v) is 4.88. The summed E-state index contributed by atoms with van der Waals surface area (Å²) in [5, 5.41) is 20.9. The first-order valence-electron chi connectivity index (χ1n) is 11.0. The lowest BCUT2D eigenvalue weighted by Gasteiger charge is -2.19. The first kappa shape index (κ1) is 28.4. The Bertz CT molecular complexity index is 1070. The number of hydrogen-bond acceptors (Lipinski definition) is 8. The van der Waals surface area contributed by atoms with Crippen molar-refractivity contribution in [1.29, 1.82) is 0 Å². The van der Waals surface area contributed by atoms with Gasteiger partial charge in [0.25, 0.3) is 11.8 Å². The monoisotopic (exact) mass is 517 g/mol. The first-order chi connectivity index (χ1) is 17.6. The van der Waals surface area contributed by atoms with Gasteiger partial charge in [-0.3, -0.25) is 33.7 Å². The van der Waals surface area contributed by atoms with Gasteiger partial charge in [-0.05, 0) is 24.1 Å². The molecule has 37 heavy (non-hydrogen) atoms. The zero-order chi connectivity index (χ0) is 27.4. The summed E-state index contributed by atoms with van der Waals surface area (Å²) in [4.78, 5) is 83.3. The topological polar surface area (TPSA) is 229 Å². The minimum atomic E-state index is -1.10. The van der Waals surface area contributed by atoms with Crippen molar-refractivity contribution < 1.29 is 38.7 Å². The highest BCUT2D eigenvalue weighted by Gasteiger charge is 2.26. The highest BCUT2D eigenvalue weighted by molar-refractivity contribution is 6.14. The lowest BCUT2D eigenvalue weighted by Crippen LogP contribution is -2.50. The van der Waals surface area contributed by atoms with E-state index in [1.54, 1.807) is 24.3 Å². The molecular weight excluding hydrogens is 490 g/mol. The van der Waals surface area contributed by atoms with Crippen molar-refractivity contribution in [2.45, 2.75) is 19.1 Å². The molecule has 198 valence electrons. The molecule has 0 radical (unpaired) electrons. The Morgan fingerprint density at radius 2 is 1.46 bits per heavy atom. The number of aliphatic hydroxyl groups is 1. The molecule has 0 spiro atoms. The van der Waals surface area contributed by atoms with Crippen LogP contribution in [0.25, 0.3) is 0 Å². The van der Waals surface area contributed by atoms with E-state index in [9.17, 15) is 33.6 Å². The van der Waals surface area contributed by atoms with E-state index in [0.717, 1.165) is 12.2 Å². The number of urea groups is 1. The van der Waals surface area contributed by atoms with Gasteiger partial charge in [0, 0.05) is 24.4 Å². The van der Waals surface area contributed by atoms with Crippen LogP contribution in [-0.2, 0) is 35.4 Å². The Hall–Kier alpha value is -4.79. The van der Waals surface area contributed by atoms with E-state index in [-0.39, 0.29) is 19.6 Å². The van der Waals surface area contributed by atoms with Crippen molar-refractivity contribution in [2.24, 2.45) is 5.73 Å². The van der Waals surface area contributed by atoms with Gasteiger partial charge in [0.2, 0.25) is 23.6 Å². The van der Waals surface area contributed by atoms with Crippen LogP contribution in [0.1, 0.15) is 12.0 Å². The van der Waals surface area contributed by atoms with Crippen LogP contribution in [-0.4, -0.2) is 83.7 Å². The van der Waals surface area contributed by atoms with Crippen LogP contribution in [0.15, 0.2) is 36.4 Å². The Morgan fingerprint density at radius 3 is 2.05 bits per heavy atom. The standard InChI is InChI=1S/C22H27N7O8/c23-22(37)24-8-7-15(21(36)27-14-3-1-13(12-30)2-4-14)28-17(32)10-25-16(31)9-26-18(33)11-29-19(34)5-6-20(29)35/h1-6,15,30H,7-12H2,(H,25,31)(H,26,33)(H,27,36)(H,28,32)(H3,23,24,37)/t15-/m0/s1. The fourth-order valence-corrected chi connectivity index (χ4v) is 2.98. The molecule has 1 aromatic carbocycles. The number of hydrogen-bond donors (Lipinski definition) is 7. The predicted octanol–water partition coefficient (Wildman–Crippen LogP) is -3.18. The Kier molecular flexibility index (Phi) is 10.7. The smallest absolute Gasteiger partial charge is 0.312 e. The maximum Gasteiger partial charge on any atom is 0.312 e. The van der Waals surface area contributed by atoms with Gasteiger partial charge < -0.3 is 37.4 Å². The van der Waals surface area contributed by atoms with E-state index < -0.39 is 67.2 Å². The van der Waals surface area contributed by atoms with Crippen LogP contribution in [0.2, 0.25) is 0 Å². The molecule has 1 aliphatic heterocycles. The predicted molar refractivity (Wildman–Crippen MR) is 127 cm³/mol. The SMILES string of the molecule is NC(=O)NCC[C@H](NC(=O)CNC(=O)CNC(=O)CN1C(=O)C=CC1=O)C(=O)Nc1ccc(CO)cc1. The van der Waals surface area contributed by atoms with Gasteiger partial charge in [0.15, 0.2) is 0 Å². The molecule has 0 bridgehead atoms. The molecule has 8 amide bonds. The van der Waals surface area contributed by atoms with Crippen LogP contribution < -0.4 is 32.3 Å². The minimum Gasteiger partial charge on any atom is -0.392 e. The number of nitrogens with two attached hydrogens (primary N) is 1. The summed E-state index contributed by atoms with van der Waals surface area (Å²) >= 11 is 0. The minimum absolute atomic E-state index is 0.0119. The summed E-state index contributed by atoms with van der Waals surface area (Å²) < 4.78 is 0. The quantitative estimate of drug-likeness (QED) is 0.132. The number of carbonyl (C=O) groups excluding carboxylic acids is 7. The number of benzene rings is 1. The molecule has 8 N–H and O–H groups in total. The molecule has 0 aliphatic carbocycles. The number of aliphatic hydroxyl groups excluding tert-OH is 1. The summed E-state index contributed by atoms with van der Waals surface area (Å²) in [6.07, 6.45) is 2.03. The molecule has 1 aromatic rings. The number of imide groups is 1. The van der Waals surface area contributed by atoms with Crippen molar-refractivity contribution in [3.63, 3.8) is 0 Å². The molecular formula is C22H27N7O8. The molecule has 0 unspecified atom stereocenters. The van der Waals surface area contributed by atoms with Crippen LogP contribution >= 0.6 is 0 Å². The zero-order valence-electron chi connectivity index (χ0n) is 19.6. The highest BCUT2D eigenvalue weighted by atomic mass is 16.3. The fourth-order valence-electron chi connectivity index (χ4n) is 2.98. The van der Waals surface area contributed by atoms with Crippen molar-refractivity contribution in [2.75, 3.05) is 31.5 Å². The fraction of sp³-hybridized carbons (Fsp3) is 0.318. The maximum atomic E-state index is 12.7. The molecule has 15 heteroatoms. The number of anilines is 1. The van der Waals surface area contributed by atoms with Gasteiger partial charge in [-0.2, -0.15) is 0 Å². The largest absolute Gasteiger partial charge is 0.392 e. The maximum absolute atomic E-state index is 12.7. The van der Waals surface area contributed by atoms with Crippen LogP contribution in [0, 0.1) is 0 Å². The molecule has 1 aliphatic rings. The van der Waals surface area contributed by atoms with Crippen LogP contribution in [0.3, 0.4) is 0 Å². The van der Waals surface area contributed by atoms with E-state index >= 15 is 0 Å². The average molecular weight is 517 g/mol. The number of nitrogens with zero attached hydrogens (tertiary/aromatic N) is 1. The second kappa shape index (κ2) is 13.9. The van der Waals surface area contributed by atoms with Gasteiger partial charge in [-0.1, -0.05) is 12.1 Å².